The van der Waals surface area contributed by atoms with E-state index in [1.54, 1.807) is 11.1 Å². The van der Waals surface area contributed by atoms with Gasteiger partial charge in [-0.25, -0.2) is 9.97 Å². The number of rotatable bonds is 6. The maximum absolute atomic E-state index is 12.7. The highest BCUT2D eigenvalue weighted by Crippen LogP contribution is 2.18. The molecule has 23 heavy (non-hydrogen) atoms. The molecule has 0 aliphatic rings. The van der Waals surface area contributed by atoms with E-state index in [1.165, 1.54) is 5.56 Å². The summed E-state index contributed by atoms with van der Waals surface area (Å²) in [6.45, 7) is 6.67. The molecule has 1 aromatic heterocycles. The Morgan fingerprint density at radius 2 is 1.91 bits per heavy atom. The van der Waals surface area contributed by atoms with Crippen LogP contribution in [0.5, 0.6) is 0 Å². The summed E-state index contributed by atoms with van der Waals surface area (Å²) >= 11 is 0. The quantitative estimate of drug-likeness (QED) is 0.818. The predicted octanol–water partition coefficient (Wildman–Crippen LogP) is 3.61. The van der Waals surface area contributed by atoms with Crippen LogP contribution in [-0.4, -0.2) is 34.4 Å². The molecule has 1 amide bonds. The summed E-state index contributed by atoms with van der Waals surface area (Å²) in [5.41, 5.74) is 2.75. The normalized spacial score (nSPS) is 10.8. The molecule has 0 radical (unpaired) electrons. The molecule has 0 N–H and O–H groups in total. The molecule has 0 bridgehead atoms. The molecule has 0 spiro atoms. The minimum atomic E-state index is 0.00163. The highest BCUT2D eigenvalue weighted by Gasteiger charge is 2.19. The summed E-state index contributed by atoms with van der Waals surface area (Å²) in [4.78, 5) is 23.1. The molecule has 2 rings (SSSR count). The van der Waals surface area contributed by atoms with Crippen molar-refractivity contribution in [2.45, 2.75) is 39.5 Å². The van der Waals surface area contributed by atoms with Crippen molar-refractivity contribution < 1.29 is 4.79 Å². The Morgan fingerprint density at radius 3 is 2.57 bits per heavy atom. The number of carbonyl (C=O) groups excluding carboxylic acids is 1. The Morgan fingerprint density at radius 1 is 1.22 bits per heavy atom. The number of benzene rings is 1. The van der Waals surface area contributed by atoms with Gasteiger partial charge in [0, 0.05) is 19.8 Å². The molecule has 0 fully saturated rings. The van der Waals surface area contributed by atoms with Gasteiger partial charge in [0.2, 0.25) is 0 Å². The Labute approximate surface area is 138 Å². The van der Waals surface area contributed by atoms with E-state index in [4.69, 9.17) is 0 Å². The van der Waals surface area contributed by atoms with Crippen molar-refractivity contribution in [3.05, 3.63) is 59.2 Å². The zero-order valence-corrected chi connectivity index (χ0v) is 14.4. The Kier molecular flexibility index (Phi) is 5.85. The summed E-state index contributed by atoms with van der Waals surface area (Å²) in [5, 5.41) is 0. The topological polar surface area (TPSA) is 46.1 Å². The Balaban J connectivity index is 2.00. The van der Waals surface area contributed by atoms with E-state index in [1.807, 2.05) is 46.0 Å². The van der Waals surface area contributed by atoms with Crippen molar-refractivity contribution in [1.82, 2.24) is 14.9 Å². The highest BCUT2D eigenvalue weighted by atomic mass is 16.2. The van der Waals surface area contributed by atoms with Crippen LogP contribution in [0.15, 0.2) is 36.5 Å². The first-order valence-corrected chi connectivity index (χ1v) is 8.12. The molecule has 1 aromatic carbocycles. The fourth-order valence-electron chi connectivity index (χ4n) is 2.56. The van der Waals surface area contributed by atoms with Gasteiger partial charge in [0.1, 0.15) is 5.82 Å². The third-order valence-corrected chi connectivity index (χ3v) is 3.86. The molecule has 4 heteroatoms. The van der Waals surface area contributed by atoms with Crippen LogP contribution in [-0.2, 0) is 6.42 Å². The summed E-state index contributed by atoms with van der Waals surface area (Å²) in [6.07, 6.45) is 3.57. The van der Waals surface area contributed by atoms with Crippen LogP contribution < -0.4 is 0 Å². The maximum Gasteiger partial charge on any atom is 0.257 e. The summed E-state index contributed by atoms with van der Waals surface area (Å²) in [6, 6.07) is 10.3. The smallest absolute Gasteiger partial charge is 0.257 e. The van der Waals surface area contributed by atoms with Crippen LogP contribution in [0.25, 0.3) is 0 Å². The zero-order chi connectivity index (χ0) is 16.8. The van der Waals surface area contributed by atoms with Gasteiger partial charge in [-0.3, -0.25) is 4.79 Å². The van der Waals surface area contributed by atoms with Gasteiger partial charge in [-0.05, 0) is 31.2 Å². The number of hydrogen-bond acceptors (Lipinski definition) is 3. The number of nitrogens with zero attached hydrogens (tertiary/aromatic N) is 3. The van der Waals surface area contributed by atoms with Crippen molar-refractivity contribution in [3.63, 3.8) is 0 Å². The number of hydrogen-bond donors (Lipinski definition) is 0. The van der Waals surface area contributed by atoms with Crippen LogP contribution in [0.1, 0.15) is 53.6 Å². The standard InChI is InChI=1S/C19H25N3O/c1-14(2)18-17(13-20-15(3)21-18)19(23)22(4)12-8-11-16-9-6-5-7-10-16/h5-7,9-10,13-14H,8,11-12H2,1-4H3. The SMILES string of the molecule is Cc1ncc(C(=O)N(C)CCCc2ccccc2)c(C(C)C)n1. The van der Waals surface area contributed by atoms with Crippen molar-refractivity contribution in [2.75, 3.05) is 13.6 Å². The van der Waals surface area contributed by atoms with Crippen LogP contribution in [0, 0.1) is 6.92 Å². The van der Waals surface area contributed by atoms with E-state index >= 15 is 0 Å². The van der Waals surface area contributed by atoms with E-state index in [0.717, 1.165) is 25.1 Å². The second kappa shape index (κ2) is 7.86. The van der Waals surface area contributed by atoms with Crippen molar-refractivity contribution >= 4 is 5.91 Å². The zero-order valence-electron chi connectivity index (χ0n) is 14.4. The first-order valence-electron chi connectivity index (χ1n) is 8.12. The molecule has 0 atom stereocenters. The summed E-state index contributed by atoms with van der Waals surface area (Å²) in [5.74, 6) is 0.909. The molecule has 0 saturated heterocycles. The fourth-order valence-corrected chi connectivity index (χ4v) is 2.56. The van der Waals surface area contributed by atoms with E-state index in [9.17, 15) is 4.79 Å². The van der Waals surface area contributed by atoms with Crippen molar-refractivity contribution in [3.8, 4) is 0 Å². The first kappa shape index (κ1) is 17.1. The molecule has 0 aliphatic heterocycles. The van der Waals surface area contributed by atoms with Gasteiger partial charge in [0.25, 0.3) is 5.91 Å². The van der Waals surface area contributed by atoms with Gasteiger partial charge in [-0.2, -0.15) is 0 Å². The average Bonchev–Trinajstić information content (AvgIpc) is 2.55. The minimum absolute atomic E-state index is 0.00163. The van der Waals surface area contributed by atoms with Crippen molar-refractivity contribution in [1.29, 1.82) is 0 Å². The highest BCUT2D eigenvalue weighted by molar-refractivity contribution is 5.95. The van der Waals surface area contributed by atoms with Crippen LogP contribution in [0.2, 0.25) is 0 Å². The number of aromatic nitrogens is 2. The molecular weight excluding hydrogens is 286 g/mol. The van der Waals surface area contributed by atoms with E-state index < -0.39 is 0 Å². The molecular formula is C19H25N3O. The largest absolute Gasteiger partial charge is 0.342 e. The molecule has 0 unspecified atom stereocenters. The van der Waals surface area contributed by atoms with Gasteiger partial charge in [-0.1, -0.05) is 44.2 Å². The number of carbonyl (C=O) groups is 1. The fraction of sp³-hybridized carbons (Fsp3) is 0.421. The second-order valence-corrected chi connectivity index (χ2v) is 6.19. The summed E-state index contributed by atoms with van der Waals surface area (Å²) in [7, 11) is 1.84. The van der Waals surface area contributed by atoms with Crippen LogP contribution in [0.3, 0.4) is 0 Å². The van der Waals surface area contributed by atoms with E-state index in [2.05, 4.69) is 22.1 Å². The van der Waals surface area contributed by atoms with E-state index in [0.29, 0.717) is 11.4 Å². The van der Waals surface area contributed by atoms with Crippen LogP contribution >= 0.6 is 0 Å². The van der Waals surface area contributed by atoms with E-state index in [-0.39, 0.29) is 11.8 Å². The average molecular weight is 311 g/mol. The Bertz CT molecular complexity index is 653. The van der Waals surface area contributed by atoms with Gasteiger partial charge in [0.05, 0.1) is 11.3 Å². The molecule has 2 aromatic rings. The third kappa shape index (κ3) is 4.62. The van der Waals surface area contributed by atoms with Crippen LogP contribution in [0.4, 0.5) is 0 Å². The van der Waals surface area contributed by atoms with Gasteiger partial charge in [0.15, 0.2) is 0 Å². The molecule has 0 aliphatic carbocycles. The first-order chi connectivity index (χ1) is 11.0. The lowest BCUT2D eigenvalue weighted by molar-refractivity contribution is 0.0791. The van der Waals surface area contributed by atoms with Gasteiger partial charge in [-0.15, -0.1) is 0 Å². The molecule has 122 valence electrons. The summed E-state index contributed by atoms with van der Waals surface area (Å²) < 4.78 is 0. The van der Waals surface area contributed by atoms with Gasteiger partial charge >= 0.3 is 0 Å². The number of aryl methyl sites for hydroxylation is 2. The molecule has 0 saturated carbocycles. The lowest BCUT2D eigenvalue weighted by Crippen LogP contribution is -2.29. The third-order valence-electron chi connectivity index (χ3n) is 3.86. The maximum atomic E-state index is 12.7. The molecule has 4 nitrogen and oxygen atoms in total. The minimum Gasteiger partial charge on any atom is -0.342 e. The monoisotopic (exact) mass is 311 g/mol. The van der Waals surface area contributed by atoms with Crippen molar-refractivity contribution in [2.24, 2.45) is 0 Å². The second-order valence-electron chi connectivity index (χ2n) is 6.19. The Hall–Kier alpha value is -2.23. The predicted molar refractivity (Wildman–Crippen MR) is 92.6 cm³/mol. The van der Waals surface area contributed by atoms with Gasteiger partial charge < -0.3 is 4.90 Å². The lowest BCUT2D eigenvalue weighted by Gasteiger charge is -2.19. The molecule has 1 heterocycles. The lowest BCUT2D eigenvalue weighted by atomic mass is 10.0. The number of amides is 1.